The van der Waals surface area contributed by atoms with Crippen LogP contribution < -0.4 is 11.1 Å². The van der Waals surface area contributed by atoms with Crippen molar-refractivity contribution in [2.45, 2.75) is 30.5 Å². The Labute approximate surface area is 1090 Å². The molecule has 8 nitrogen and oxygen atoms in total. The maximum Gasteiger partial charge on any atom is 0.189 e. The molecule has 0 fully saturated rings. The number of hydrogen-bond donors (Lipinski definition) is 2. The molecule has 0 aliphatic heterocycles. The van der Waals surface area contributed by atoms with Crippen LogP contribution in [0.15, 0.2) is 64.1 Å². The highest BCUT2D eigenvalue weighted by molar-refractivity contribution is 9.62. The topological polar surface area (TPSA) is 124 Å². The van der Waals surface area contributed by atoms with Gasteiger partial charge in [-0.2, -0.15) is 0 Å². The van der Waals surface area contributed by atoms with E-state index in [1.807, 2.05) is 0 Å². The number of halogens is 1. The summed E-state index contributed by atoms with van der Waals surface area (Å²) in [7, 11) is 223. The van der Waals surface area contributed by atoms with Gasteiger partial charge in [-0.15, -0.1) is 518 Å². The zero-order valence-corrected chi connectivity index (χ0v) is 195. The fraction of sp³-hybridized carbons (Fsp3) is 0.208. The molecule has 2 aromatic carbocycles. The van der Waals surface area contributed by atoms with Gasteiger partial charge in [-0.05, 0) is 442 Å². The minimum atomic E-state index is -3.38. The first-order chi connectivity index (χ1) is 68.0. The summed E-state index contributed by atoms with van der Waals surface area (Å²) in [5, 5.41) is 6.43. The smallest absolute Gasteiger partial charge is 0.189 e. The molecule has 124 heteroatoms. The van der Waals surface area contributed by atoms with Crippen LogP contribution >= 0.6 is 909 Å². The quantitative estimate of drug-likeness (QED) is 0.0419. The number of rotatable bonds is 62. The third-order valence-electron chi connectivity index (χ3n) is 15.5. The molecule has 0 aliphatic carbocycles. The van der Waals surface area contributed by atoms with Crippen LogP contribution in [-0.2, 0) is 16.4 Å². The van der Waals surface area contributed by atoms with E-state index >= 15 is 0 Å². The summed E-state index contributed by atoms with van der Waals surface area (Å²) in [6, 6.07) is 12.8. The second kappa shape index (κ2) is 98.6. The lowest BCUT2D eigenvalue weighted by atomic mass is 10.1. The Hall–Kier alpha value is 45.4. The largest absolute Gasteiger partial charge is 0.382 e. The number of benzene rings is 2. The highest BCUT2D eigenvalue weighted by Gasteiger charge is 2.69. The van der Waals surface area contributed by atoms with Gasteiger partial charge in [0.15, 0.2) is 27.1 Å². The molecule has 0 spiro atoms. The molecule has 0 saturated heterocycles. The highest BCUT2D eigenvalue weighted by Crippen LogP contribution is 3.56. The molecule has 0 bridgehead atoms. The Morgan fingerprint density at radius 2 is 0.480 bits per heavy atom. The zero-order chi connectivity index (χ0) is 115. The maximum absolute atomic E-state index is 14.6. The van der Waals surface area contributed by atoms with Crippen LogP contribution in [0.5, 0.6) is 0 Å². The molecule has 3 N–H and O–H groups in total. The lowest BCUT2D eigenvalue weighted by Gasteiger charge is -2.65. The van der Waals surface area contributed by atoms with E-state index in [2.05, 4.69) is 538 Å². The number of anilines is 1. The number of nitrogens with two attached hydrogens (primary N) is 1. The standard InChI is InChI=1S/C24H24FN5O3S.H116P114/c1-14(2)34(31,32)17-7-5-16(6-8-17)21-13-28-24(26)23(29-21)22-11-20(30-33-22)18-9-4-15(12-27-3)10-19(18)25;1-59(2)88(60(3)4)102(87(57)58)109(101(85(53)54)86(55)56)113(110(103(89(61(5)6)62(7)8)90(63(9)10)64(11)12)104(91(65(13)14)66(15)16)92(67(17)18)68(19)20)114(111(105(93(69(21)22)70(23)24)94(71(25)26)72(27)28)106(95(73(29)30)74(31)32)96(75(33)34)76(35)36)112(107(97(77(37)38)78(39)40)98(79(41)42)80(43)44)108(99(81(45)46)82(47)48)100(83(49)50)84(51)52/h4-11,13-14,27H,12H2,1-3H3,(H2,26,28);1-58H2. The number of nitrogens with zero attached hydrogens (tertiary/aromatic N) is 3. The van der Waals surface area contributed by atoms with E-state index in [0.29, 0.717) is 29.1 Å². The lowest BCUT2D eigenvalue weighted by molar-refractivity contribution is 0.433. The van der Waals surface area contributed by atoms with E-state index in [0.717, 1.165) is 5.56 Å². The van der Waals surface area contributed by atoms with E-state index in [4.69, 9.17) is 10.3 Å². The van der Waals surface area contributed by atoms with Crippen molar-refractivity contribution in [3.05, 3.63) is 66.1 Å². The van der Waals surface area contributed by atoms with Gasteiger partial charge < -0.3 is 15.6 Å². The molecule has 0 saturated carbocycles. The van der Waals surface area contributed by atoms with Gasteiger partial charge in [-0.25, -0.2) is 22.8 Å². The molecule has 148 heavy (non-hydrogen) atoms. The van der Waals surface area contributed by atoms with Gasteiger partial charge in [-0.3, -0.25) is 0 Å². The van der Waals surface area contributed by atoms with Gasteiger partial charge in [-0.1, -0.05) is 23.4 Å². The van der Waals surface area contributed by atoms with Crippen molar-refractivity contribution in [3.8, 4) is 34.0 Å². The molecule has 4 rings (SSSR count). The number of hydrogen-bond acceptors (Lipinski definition) is 8. The minimum Gasteiger partial charge on any atom is -0.382 e. The van der Waals surface area contributed by atoms with Gasteiger partial charge in [0.05, 0.1) is 22.0 Å². The molecule has 2 aromatic heterocycles. The normalized spacial score (nSPS) is 14.6. The highest BCUT2D eigenvalue weighted by atomic mass is 33.7. The second-order valence-corrected chi connectivity index (χ2v) is 504. The van der Waals surface area contributed by atoms with Crippen LogP contribution in [-0.4, -0.2) is 35.8 Å². The van der Waals surface area contributed by atoms with E-state index in [-0.39, 0.29) is 22.2 Å². The minimum absolute atomic E-state index is 0.121. The van der Waals surface area contributed by atoms with Crippen molar-refractivity contribution in [3.63, 3.8) is 0 Å². The number of nitrogen functional groups attached to an aromatic ring is 1. The van der Waals surface area contributed by atoms with Crippen LogP contribution in [0.3, 0.4) is 0 Å². The van der Waals surface area contributed by atoms with Gasteiger partial charge >= 0.3 is 0 Å². The summed E-state index contributed by atoms with van der Waals surface area (Å²) in [6.45, 7) is -25.5. The fourth-order valence-corrected chi connectivity index (χ4v) is 1730. The fourth-order valence-electron chi connectivity index (χ4n) is 10.5. The summed E-state index contributed by atoms with van der Waals surface area (Å²) in [5.74, 6) is -0.0632. The van der Waals surface area contributed by atoms with E-state index in [9.17, 15) is 12.8 Å². The monoisotopic (exact) mass is 4130 g/mol. The Balaban J connectivity index is 0.00000137. The van der Waals surface area contributed by atoms with Crippen molar-refractivity contribution < 1.29 is 17.3 Å². The summed E-state index contributed by atoms with van der Waals surface area (Å²) < 4.78 is 44.7. The first-order valence-electron chi connectivity index (χ1n) is 36.6. The van der Waals surface area contributed by atoms with Crippen LogP contribution in [0.1, 0.15) is 19.4 Å². The molecule has 61 unspecified atom stereocenters. The second-order valence-electron chi connectivity index (χ2n) is 26.3. The average molecular weight is 4130 g/mol. The number of aromatic nitrogens is 3. The number of sulfone groups is 1. The molecule has 4 aromatic rings. The Morgan fingerprint density at radius 3 is 0.669 bits per heavy atom. The molecule has 0 amide bonds. The first-order valence-corrected chi connectivity index (χ1v) is 246. The van der Waals surface area contributed by atoms with Crippen LogP contribution in [0.2, 0.25) is 0 Å². The van der Waals surface area contributed by atoms with E-state index < -0.39 is 412 Å². The maximum atomic E-state index is 14.6. The van der Waals surface area contributed by atoms with Gasteiger partial charge in [0.25, 0.3) is 0 Å². The van der Waals surface area contributed by atoms with Gasteiger partial charge in [0, 0.05) is 23.7 Å². The van der Waals surface area contributed by atoms with Crippen molar-refractivity contribution in [2.75, 3.05) is 12.8 Å². The number of nitrogens with one attached hydrogen (secondary N) is 1. The predicted molar refractivity (Wildman–Crippen MR) is 1080 cm³/mol. The zero-order valence-electron chi connectivity index (χ0n) is 77.4. The molecular weight excluding hydrogens is 3990 g/mol. The first kappa shape index (κ1) is 187. The third kappa shape index (κ3) is 60.9. The molecule has 61 atom stereocenters. The van der Waals surface area contributed by atoms with Crippen LogP contribution in [0, 0.1) is 5.82 Å². The van der Waals surface area contributed by atoms with Crippen molar-refractivity contribution >= 4 is 925 Å². The predicted octanol–water partition coefficient (Wildman–Crippen LogP) is 71.2. The SMILES string of the molecule is CNCc1ccc(-c2cc(-c3nc(-c4ccc(S(=O)(=O)C(C)C)cc4)cnc3N)on2)c(F)c1.PP(P)P(P(P)P)P(P(P)P)P(P(P(P)P)P(P)P)P(P(P(P(P(P)P)P(P)P)P(P(P)P)P(P)P)P(P(P(P)P)P(P)P)P(P(P)P)P(P)P)P(P(P(P(P(P)P)P(P)P)P(P(P)P)P(P)P)P(P(P(P)P)P(P)P)P(P(P)P)P(P)P)P(P(P(P(P)P)P(P)P)P(P(P)P)P(P)P)P(P(P(P)P)P(P)P)P(P(P)P)P(P)P. The Bertz CT molecular complexity index is 4060. The summed E-state index contributed by atoms with van der Waals surface area (Å²) in [6.07, 6.45) is 1.49. The third-order valence-corrected chi connectivity index (χ3v) is 830. The average Bonchev–Trinajstić information content (AvgIpc) is 0.831. The summed E-state index contributed by atoms with van der Waals surface area (Å²) in [4.78, 5) is 8.96. The summed E-state index contributed by atoms with van der Waals surface area (Å²) in [5.41, 5.74) is 8.80. The van der Waals surface area contributed by atoms with Crippen LogP contribution in [0.4, 0.5) is 10.2 Å². The van der Waals surface area contributed by atoms with Crippen molar-refractivity contribution in [1.29, 1.82) is 0 Å². The van der Waals surface area contributed by atoms with E-state index in [1.54, 1.807) is 51.2 Å². The molecule has 862 valence electrons. The van der Waals surface area contributed by atoms with Crippen LogP contribution in [0.25, 0.3) is 34.0 Å². The summed E-state index contributed by atoms with van der Waals surface area (Å²) >= 11 is 0. The van der Waals surface area contributed by atoms with Crippen molar-refractivity contribution in [2.24, 2.45) is 0 Å². The molecule has 0 radical (unpaired) electrons. The molecular formula is C24H140FN5O3P114S. The van der Waals surface area contributed by atoms with Gasteiger partial charge in [0.1, 0.15) is 11.5 Å². The molecule has 0 aliphatic rings. The van der Waals surface area contributed by atoms with Gasteiger partial charge in [0.2, 0.25) is 0 Å². The van der Waals surface area contributed by atoms with Crippen molar-refractivity contribution in [1.82, 2.24) is 20.4 Å². The van der Waals surface area contributed by atoms with E-state index in [1.165, 1.54) is 24.4 Å². The Kier molecular flexibility index (Phi) is 125. The lowest BCUT2D eigenvalue weighted by Crippen LogP contribution is -2.13. The molecule has 2 heterocycles. The Morgan fingerprint density at radius 1 is 0.284 bits per heavy atom.